The second-order valence-electron chi connectivity index (χ2n) is 4.66. The second kappa shape index (κ2) is 5.70. The number of hydrogen-bond donors (Lipinski definition) is 1. The predicted octanol–water partition coefficient (Wildman–Crippen LogP) is 0.148. The minimum atomic E-state index is -0.121. The lowest BCUT2D eigenvalue weighted by atomic mass is 10.3. The standard InChI is InChI=1S/C13H15N7O/c1-10-16-11-4-2-3-5-12(11)20(10)7-6-14-13(21)8-19-9-15-17-18-19/h2-5,9H,6-8H2,1H3,(H,14,21). The van der Waals surface area contributed by atoms with Crippen molar-refractivity contribution in [3.05, 3.63) is 36.4 Å². The molecule has 3 rings (SSSR count). The van der Waals surface area contributed by atoms with Gasteiger partial charge in [0.2, 0.25) is 5.91 Å². The number of nitrogens with one attached hydrogen (secondary N) is 1. The third kappa shape index (κ3) is 2.88. The number of amides is 1. The Kier molecular flexibility index (Phi) is 3.59. The van der Waals surface area contributed by atoms with Crippen LogP contribution >= 0.6 is 0 Å². The van der Waals surface area contributed by atoms with Crippen LogP contribution in [0.4, 0.5) is 0 Å². The highest BCUT2D eigenvalue weighted by Gasteiger charge is 2.07. The maximum Gasteiger partial charge on any atom is 0.241 e. The molecule has 0 atom stereocenters. The third-order valence-corrected chi connectivity index (χ3v) is 3.20. The number of hydrogen-bond acceptors (Lipinski definition) is 5. The molecular weight excluding hydrogens is 270 g/mol. The number of aryl methyl sites for hydroxylation is 1. The predicted molar refractivity (Wildman–Crippen MR) is 75.3 cm³/mol. The number of imidazole rings is 1. The van der Waals surface area contributed by atoms with Crippen LogP contribution in [0.15, 0.2) is 30.6 Å². The Morgan fingerprint density at radius 2 is 2.19 bits per heavy atom. The lowest BCUT2D eigenvalue weighted by Gasteiger charge is -2.08. The van der Waals surface area contributed by atoms with E-state index in [1.807, 2.05) is 31.2 Å². The van der Waals surface area contributed by atoms with Crippen LogP contribution in [-0.2, 0) is 17.9 Å². The van der Waals surface area contributed by atoms with Gasteiger partial charge >= 0.3 is 0 Å². The van der Waals surface area contributed by atoms with Crippen molar-refractivity contribution in [1.29, 1.82) is 0 Å². The maximum absolute atomic E-state index is 11.7. The topological polar surface area (TPSA) is 90.5 Å². The van der Waals surface area contributed by atoms with Crippen molar-refractivity contribution >= 4 is 16.9 Å². The van der Waals surface area contributed by atoms with E-state index >= 15 is 0 Å². The molecule has 0 saturated heterocycles. The summed E-state index contributed by atoms with van der Waals surface area (Å²) in [7, 11) is 0. The molecule has 0 unspecified atom stereocenters. The van der Waals surface area contributed by atoms with Crippen molar-refractivity contribution in [2.75, 3.05) is 6.54 Å². The highest BCUT2D eigenvalue weighted by Crippen LogP contribution is 2.14. The number of benzene rings is 1. The lowest BCUT2D eigenvalue weighted by Crippen LogP contribution is -2.30. The van der Waals surface area contributed by atoms with Crippen LogP contribution < -0.4 is 5.32 Å². The zero-order chi connectivity index (χ0) is 14.7. The molecule has 0 bridgehead atoms. The van der Waals surface area contributed by atoms with Gasteiger partial charge in [-0.15, -0.1) is 5.10 Å². The summed E-state index contributed by atoms with van der Waals surface area (Å²) in [5, 5.41) is 13.5. The van der Waals surface area contributed by atoms with E-state index in [4.69, 9.17) is 0 Å². The molecule has 0 aliphatic carbocycles. The minimum Gasteiger partial charge on any atom is -0.353 e. The third-order valence-electron chi connectivity index (χ3n) is 3.20. The summed E-state index contributed by atoms with van der Waals surface area (Å²) in [6.45, 7) is 3.29. The van der Waals surface area contributed by atoms with Gasteiger partial charge in [-0.3, -0.25) is 4.79 Å². The Labute approximate surface area is 120 Å². The summed E-state index contributed by atoms with van der Waals surface area (Å²) in [6.07, 6.45) is 1.41. The number of carbonyl (C=O) groups excluding carboxylic acids is 1. The molecule has 0 radical (unpaired) electrons. The van der Waals surface area contributed by atoms with Gasteiger partial charge in [0.05, 0.1) is 11.0 Å². The molecule has 1 amide bonds. The molecule has 0 fully saturated rings. The van der Waals surface area contributed by atoms with Gasteiger partial charge in [-0.2, -0.15) is 0 Å². The van der Waals surface area contributed by atoms with Crippen molar-refractivity contribution in [1.82, 2.24) is 35.1 Å². The summed E-state index contributed by atoms with van der Waals surface area (Å²) >= 11 is 0. The molecule has 8 nitrogen and oxygen atoms in total. The molecule has 0 spiro atoms. The number of carbonyl (C=O) groups is 1. The highest BCUT2D eigenvalue weighted by atomic mass is 16.2. The molecule has 0 saturated carbocycles. The van der Waals surface area contributed by atoms with E-state index in [1.54, 1.807) is 0 Å². The van der Waals surface area contributed by atoms with Crippen LogP contribution in [-0.4, -0.2) is 42.2 Å². The molecule has 21 heavy (non-hydrogen) atoms. The van der Waals surface area contributed by atoms with E-state index < -0.39 is 0 Å². The monoisotopic (exact) mass is 285 g/mol. The van der Waals surface area contributed by atoms with Gasteiger partial charge < -0.3 is 9.88 Å². The second-order valence-corrected chi connectivity index (χ2v) is 4.66. The van der Waals surface area contributed by atoms with Crippen LogP contribution in [0.2, 0.25) is 0 Å². The summed E-state index contributed by atoms with van der Waals surface area (Å²) in [5.74, 6) is 0.815. The van der Waals surface area contributed by atoms with Crippen LogP contribution in [0.25, 0.3) is 11.0 Å². The van der Waals surface area contributed by atoms with Crippen molar-refractivity contribution in [2.24, 2.45) is 0 Å². The Bertz CT molecular complexity index is 747. The summed E-state index contributed by atoms with van der Waals surface area (Å²) in [6, 6.07) is 7.96. The quantitative estimate of drug-likeness (QED) is 0.720. The van der Waals surface area contributed by atoms with Gasteiger partial charge in [-0.1, -0.05) is 12.1 Å². The zero-order valence-corrected chi connectivity index (χ0v) is 11.6. The van der Waals surface area contributed by atoms with E-state index in [1.165, 1.54) is 11.0 Å². The molecule has 0 aliphatic heterocycles. The molecule has 3 aromatic rings. The van der Waals surface area contributed by atoms with E-state index in [2.05, 4.69) is 30.4 Å². The largest absolute Gasteiger partial charge is 0.353 e. The Morgan fingerprint density at radius 3 is 3.00 bits per heavy atom. The highest BCUT2D eigenvalue weighted by molar-refractivity contribution is 5.76. The first-order valence-corrected chi connectivity index (χ1v) is 6.63. The zero-order valence-electron chi connectivity index (χ0n) is 11.6. The number of para-hydroxylation sites is 2. The minimum absolute atomic E-state index is 0.121. The fourth-order valence-corrected chi connectivity index (χ4v) is 2.24. The Balaban J connectivity index is 1.59. The van der Waals surface area contributed by atoms with Gasteiger partial charge in [0.1, 0.15) is 18.7 Å². The van der Waals surface area contributed by atoms with Gasteiger partial charge in [-0.05, 0) is 29.5 Å². The van der Waals surface area contributed by atoms with Gasteiger partial charge in [0.25, 0.3) is 0 Å². The van der Waals surface area contributed by atoms with E-state index in [-0.39, 0.29) is 12.5 Å². The van der Waals surface area contributed by atoms with Crippen molar-refractivity contribution < 1.29 is 4.79 Å². The maximum atomic E-state index is 11.7. The summed E-state index contributed by atoms with van der Waals surface area (Å²) < 4.78 is 3.47. The normalized spacial score (nSPS) is 10.9. The fraction of sp³-hybridized carbons (Fsp3) is 0.308. The van der Waals surface area contributed by atoms with Crippen molar-refractivity contribution in [2.45, 2.75) is 20.0 Å². The number of nitrogens with zero attached hydrogens (tertiary/aromatic N) is 6. The number of fused-ring (bicyclic) bond motifs is 1. The number of rotatable bonds is 5. The molecule has 8 heteroatoms. The molecule has 2 aromatic heterocycles. The average Bonchev–Trinajstić information content (AvgIpc) is 3.07. The van der Waals surface area contributed by atoms with Crippen LogP contribution in [0.1, 0.15) is 5.82 Å². The Morgan fingerprint density at radius 1 is 1.33 bits per heavy atom. The number of tetrazole rings is 1. The molecule has 0 aliphatic rings. The van der Waals surface area contributed by atoms with Crippen LogP contribution in [0.3, 0.4) is 0 Å². The van der Waals surface area contributed by atoms with Gasteiger partial charge in [0, 0.05) is 13.1 Å². The Hall–Kier alpha value is -2.77. The fourth-order valence-electron chi connectivity index (χ4n) is 2.24. The first-order valence-electron chi connectivity index (χ1n) is 6.63. The molecule has 108 valence electrons. The van der Waals surface area contributed by atoms with Crippen molar-refractivity contribution in [3.63, 3.8) is 0 Å². The number of aromatic nitrogens is 6. The first kappa shape index (κ1) is 13.2. The van der Waals surface area contributed by atoms with Crippen molar-refractivity contribution in [3.8, 4) is 0 Å². The molecule has 1 N–H and O–H groups in total. The molecular formula is C13H15N7O. The van der Waals surface area contributed by atoms with Crippen LogP contribution in [0.5, 0.6) is 0 Å². The summed E-state index contributed by atoms with van der Waals surface area (Å²) in [4.78, 5) is 16.2. The first-order chi connectivity index (χ1) is 10.2. The summed E-state index contributed by atoms with van der Waals surface area (Å²) in [5.41, 5.74) is 2.04. The van der Waals surface area contributed by atoms with Gasteiger partial charge in [0.15, 0.2) is 0 Å². The SMILES string of the molecule is Cc1nc2ccccc2n1CCNC(=O)Cn1cnnn1. The smallest absolute Gasteiger partial charge is 0.241 e. The van der Waals surface area contributed by atoms with Gasteiger partial charge in [-0.25, -0.2) is 9.67 Å². The molecule has 2 heterocycles. The lowest BCUT2D eigenvalue weighted by molar-refractivity contribution is -0.121. The van der Waals surface area contributed by atoms with E-state index in [0.717, 1.165) is 16.9 Å². The van der Waals surface area contributed by atoms with Crippen LogP contribution in [0, 0.1) is 6.92 Å². The van der Waals surface area contributed by atoms with E-state index in [9.17, 15) is 4.79 Å². The van der Waals surface area contributed by atoms with E-state index in [0.29, 0.717) is 13.1 Å². The average molecular weight is 285 g/mol. The molecule has 1 aromatic carbocycles.